The summed E-state index contributed by atoms with van der Waals surface area (Å²) < 4.78 is 46.1. The first-order valence-electron chi connectivity index (χ1n) is 8.26. The average Bonchev–Trinajstić information content (AvgIpc) is 2.99. The molecule has 2 aromatic rings. The van der Waals surface area contributed by atoms with Gasteiger partial charge in [0.2, 0.25) is 11.8 Å². The predicted molar refractivity (Wildman–Crippen MR) is 91.5 cm³/mol. The maximum absolute atomic E-state index is 12.6. The number of carbonyl (C=O) groups excluding carboxylic acids is 1. The summed E-state index contributed by atoms with van der Waals surface area (Å²) in [7, 11) is 1.52. The quantitative estimate of drug-likeness (QED) is 0.834. The minimum atomic E-state index is -4.78. The highest BCUT2D eigenvalue weighted by atomic mass is 19.4. The molecule has 0 aliphatic carbocycles. The van der Waals surface area contributed by atoms with Gasteiger partial charge >= 0.3 is 6.36 Å². The largest absolute Gasteiger partial charge is 0.573 e. The summed E-state index contributed by atoms with van der Waals surface area (Å²) in [6.45, 7) is 0.774. The number of pyridine rings is 1. The van der Waals surface area contributed by atoms with Crippen LogP contribution >= 0.6 is 0 Å². The van der Waals surface area contributed by atoms with E-state index in [0.29, 0.717) is 31.1 Å². The van der Waals surface area contributed by atoms with Gasteiger partial charge in [-0.2, -0.15) is 0 Å². The Hall–Kier alpha value is -2.81. The third-order valence-corrected chi connectivity index (χ3v) is 4.09. The summed E-state index contributed by atoms with van der Waals surface area (Å²) in [6, 6.07) is 10.3. The van der Waals surface area contributed by atoms with Crippen LogP contribution in [0.4, 0.5) is 18.9 Å². The minimum Gasteiger partial charge on any atom is -0.481 e. The van der Waals surface area contributed by atoms with E-state index in [2.05, 4.69) is 15.0 Å². The Morgan fingerprint density at radius 2 is 2.04 bits per heavy atom. The number of nitrogens with one attached hydrogen (secondary N) is 1. The molecule has 0 radical (unpaired) electrons. The van der Waals surface area contributed by atoms with Crippen LogP contribution in [0.5, 0.6) is 11.6 Å². The summed E-state index contributed by atoms with van der Waals surface area (Å²) in [4.78, 5) is 18.3. The molecule has 0 spiro atoms. The zero-order valence-electron chi connectivity index (χ0n) is 14.5. The molecule has 144 valence electrons. The molecular weight excluding hydrogens is 363 g/mol. The van der Waals surface area contributed by atoms with Crippen LogP contribution in [0.1, 0.15) is 12.1 Å². The minimum absolute atomic E-state index is 0.206. The second kappa shape index (κ2) is 7.83. The third-order valence-electron chi connectivity index (χ3n) is 4.09. The Bertz CT molecular complexity index is 814. The van der Waals surface area contributed by atoms with Crippen molar-refractivity contribution >= 4 is 11.6 Å². The normalized spacial score (nSPS) is 17.3. The number of carbonyl (C=O) groups is 1. The molecule has 1 fully saturated rings. The zero-order valence-corrected chi connectivity index (χ0v) is 14.5. The topological polar surface area (TPSA) is 63.7 Å². The van der Waals surface area contributed by atoms with Gasteiger partial charge in [0.15, 0.2) is 0 Å². The van der Waals surface area contributed by atoms with Gasteiger partial charge in [0, 0.05) is 30.9 Å². The van der Waals surface area contributed by atoms with Crippen molar-refractivity contribution in [2.45, 2.75) is 25.4 Å². The number of methoxy groups -OCH3 is 1. The second-order valence-corrected chi connectivity index (χ2v) is 5.93. The Balaban J connectivity index is 1.63. The number of nitrogens with zero attached hydrogens (tertiary/aromatic N) is 2. The summed E-state index contributed by atoms with van der Waals surface area (Å²) >= 11 is 0. The lowest BCUT2D eigenvalue weighted by molar-refractivity contribution is -0.274. The Morgan fingerprint density at radius 3 is 2.78 bits per heavy atom. The number of halogens is 3. The first kappa shape index (κ1) is 19.0. The summed E-state index contributed by atoms with van der Waals surface area (Å²) in [5.41, 5.74) is 1.09. The lowest BCUT2D eigenvalue weighted by Gasteiger charge is -2.18. The van der Waals surface area contributed by atoms with E-state index in [9.17, 15) is 18.0 Å². The van der Waals surface area contributed by atoms with E-state index in [4.69, 9.17) is 4.74 Å². The molecule has 1 N–H and O–H groups in total. The fourth-order valence-electron chi connectivity index (χ4n) is 2.87. The predicted octanol–water partition coefficient (Wildman–Crippen LogP) is 2.88. The highest BCUT2D eigenvalue weighted by molar-refractivity contribution is 5.99. The van der Waals surface area contributed by atoms with Gasteiger partial charge in [0.05, 0.1) is 18.8 Å². The molecule has 1 saturated heterocycles. The molecule has 3 rings (SSSR count). The van der Waals surface area contributed by atoms with Crippen LogP contribution in [-0.2, 0) is 11.3 Å². The molecule has 1 aromatic carbocycles. The van der Waals surface area contributed by atoms with Gasteiger partial charge < -0.3 is 19.7 Å². The standard InChI is InChI=1S/C18H18F3N3O3/c1-26-16-7-2-4-12(23-16)11-22-15-8-9-24(17(15)25)13-5-3-6-14(10-13)27-18(19,20)21/h2-7,10,15,22H,8-9,11H2,1H3. The number of rotatable bonds is 6. The highest BCUT2D eigenvalue weighted by Gasteiger charge is 2.34. The molecule has 27 heavy (non-hydrogen) atoms. The number of benzene rings is 1. The van der Waals surface area contributed by atoms with Crippen molar-refractivity contribution in [3.05, 3.63) is 48.2 Å². The van der Waals surface area contributed by atoms with Gasteiger partial charge in [-0.1, -0.05) is 12.1 Å². The molecule has 1 unspecified atom stereocenters. The smallest absolute Gasteiger partial charge is 0.481 e. The Morgan fingerprint density at radius 1 is 1.26 bits per heavy atom. The van der Waals surface area contributed by atoms with Gasteiger partial charge in [-0.3, -0.25) is 4.79 Å². The number of ether oxygens (including phenoxy) is 2. The Kier molecular flexibility index (Phi) is 5.50. The van der Waals surface area contributed by atoms with Crippen molar-refractivity contribution in [3.63, 3.8) is 0 Å². The molecule has 1 amide bonds. The maximum atomic E-state index is 12.6. The Labute approximate surface area is 153 Å². The van der Waals surface area contributed by atoms with Crippen molar-refractivity contribution < 1.29 is 27.4 Å². The maximum Gasteiger partial charge on any atom is 0.573 e. The van der Waals surface area contributed by atoms with E-state index >= 15 is 0 Å². The van der Waals surface area contributed by atoms with Crippen molar-refractivity contribution in [3.8, 4) is 11.6 Å². The van der Waals surface area contributed by atoms with Gasteiger partial charge in [0.25, 0.3) is 0 Å². The van der Waals surface area contributed by atoms with Crippen molar-refractivity contribution in [2.24, 2.45) is 0 Å². The lowest BCUT2D eigenvalue weighted by Crippen LogP contribution is -2.38. The van der Waals surface area contributed by atoms with E-state index in [1.54, 1.807) is 18.2 Å². The van der Waals surface area contributed by atoms with Crippen molar-refractivity contribution in [2.75, 3.05) is 18.6 Å². The van der Waals surface area contributed by atoms with Crippen LogP contribution in [0.15, 0.2) is 42.5 Å². The monoisotopic (exact) mass is 381 g/mol. The average molecular weight is 381 g/mol. The van der Waals surface area contributed by atoms with E-state index in [0.717, 1.165) is 5.69 Å². The fraction of sp³-hybridized carbons (Fsp3) is 0.333. The van der Waals surface area contributed by atoms with Crippen LogP contribution in [0.3, 0.4) is 0 Å². The molecular formula is C18H18F3N3O3. The van der Waals surface area contributed by atoms with Crippen molar-refractivity contribution in [1.29, 1.82) is 0 Å². The summed E-state index contributed by atoms with van der Waals surface area (Å²) in [5.74, 6) is -0.0815. The van der Waals surface area contributed by atoms with E-state index in [-0.39, 0.29) is 11.7 Å². The van der Waals surface area contributed by atoms with Gasteiger partial charge in [-0.15, -0.1) is 13.2 Å². The second-order valence-electron chi connectivity index (χ2n) is 5.93. The summed E-state index contributed by atoms with van der Waals surface area (Å²) in [6.07, 6.45) is -4.24. The SMILES string of the molecule is COc1cccc(CNC2CCN(c3cccc(OC(F)(F)F)c3)C2=O)n1. The van der Waals surface area contributed by atoms with E-state index in [1.165, 1.54) is 30.2 Å². The van der Waals surface area contributed by atoms with Gasteiger partial charge in [0.1, 0.15) is 5.75 Å². The van der Waals surface area contributed by atoms with Crippen LogP contribution in [0.25, 0.3) is 0 Å². The van der Waals surface area contributed by atoms with E-state index in [1.807, 2.05) is 6.07 Å². The van der Waals surface area contributed by atoms with Crippen LogP contribution in [-0.4, -0.2) is 36.9 Å². The molecule has 1 aliphatic rings. The van der Waals surface area contributed by atoms with Crippen LogP contribution in [0.2, 0.25) is 0 Å². The number of hydrogen-bond donors (Lipinski definition) is 1. The van der Waals surface area contributed by atoms with Crippen molar-refractivity contribution in [1.82, 2.24) is 10.3 Å². The summed E-state index contributed by atoms with van der Waals surface area (Å²) in [5, 5.41) is 3.13. The molecule has 1 aliphatic heterocycles. The highest BCUT2D eigenvalue weighted by Crippen LogP contribution is 2.29. The third kappa shape index (κ3) is 4.88. The first-order chi connectivity index (χ1) is 12.9. The molecule has 0 bridgehead atoms. The molecule has 1 atom stereocenters. The first-order valence-corrected chi connectivity index (χ1v) is 8.26. The number of anilines is 1. The lowest BCUT2D eigenvalue weighted by atomic mass is 10.2. The van der Waals surface area contributed by atoms with Gasteiger partial charge in [-0.05, 0) is 24.6 Å². The van der Waals surface area contributed by atoms with Crippen LogP contribution < -0.4 is 19.7 Å². The number of amides is 1. The number of aromatic nitrogens is 1. The molecule has 2 heterocycles. The number of alkyl halides is 3. The fourth-order valence-corrected chi connectivity index (χ4v) is 2.87. The number of hydrogen-bond acceptors (Lipinski definition) is 5. The molecule has 9 heteroatoms. The van der Waals surface area contributed by atoms with E-state index < -0.39 is 12.4 Å². The molecule has 6 nitrogen and oxygen atoms in total. The molecule has 0 saturated carbocycles. The van der Waals surface area contributed by atoms with Gasteiger partial charge in [-0.25, -0.2) is 4.98 Å². The molecule has 1 aromatic heterocycles. The zero-order chi connectivity index (χ0) is 19.4. The van der Waals surface area contributed by atoms with Crippen LogP contribution in [0, 0.1) is 0 Å².